The van der Waals surface area contributed by atoms with Crippen LogP contribution in [-0.2, 0) is 9.53 Å². The summed E-state index contributed by atoms with van der Waals surface area (Å²) in [5.41, 5.74) is 0.256. The zero-order valence-electron chi connectivity index (χ0n) is 11.3. The SMILES string of the molecule is CCOC(=O)CN(CC(C)C)C(=O)c1ccoc1Cl. The molecular weight excluding hydrogens is 270 g/mol. The molecule has 0 saturated heterocycles. The highest BCUT2D eigenvalue weighted by Gasteiger charge is 2.23. The third kappa shape index (κ3) is 4.59. The zero-order chi connectivity index (χ0) is 14.4. The van der Waals surface area contributed by atoms with Crippen LogP contribution in [0.5, 0.6) is 0 Å². The van der Waals surface area contributed by atoms with Crippen LogP contribution in [0.2, 0.25) is 5.22 Å². The standard InChI is InChI=1S/C13H18ClNO4/c1-4-18-11(16)8-15(7-9(2)3)13(17)10-5-6-19-12(10)14/h5-6,9H,4,7-8H2,1-3H3. The smallest absolute Gasteiger partial charge is 0.325 e. The lowest BCUT2D eigenvalue weighted by Crippen LogP contribution is -2.38. The molecule has 0 saturated carbocycles. The van der Waals surface area contributed by atoms with E-state index in [-0.39, 0.29) is 35.8 Å². The van der Waals surface area contributed by atoms with Gasteiger partial charge in [-0.15, -0.1) is 0 Å². The highest BCUT2D eigenvalue weighted by molar-refractivity contribution is 6.32. The van der Waals surface area contributed by atoms with E-state index < -0.39 is 5.97 Å². The summed E-state index contributed by atoms with van der Waals surface area (Å²) in [5, 5.41) is 0.0302. The van der Waals surface area contributed by atoms with Crippen molar-refractivity contribution in [2.75, 3.05) is 19.7 Å². The Labute approximate surface area is 117 Å². The molecule has 0 fully saturated rings. The van der Waals surface area contributed by atoms with Crippen LogP contribution in [0.15, 0.2) is 16.7 Å². The van der Waals surface area contributed by atoms with E-state index in [9.17, 15) is 9.59 Å². The second-order valence-electron chi connectivity index (χ2n) is 4.49. The third-order valence-corrected chi connectivity index (χ3v) is 2.64. The maximum absolute atomic E-state index is 12.3. The van der Waals surface area contributed by atoms with Crippen molar-refractivity contribution in [2.24, 2.45) is 5.92 Å². The average molecular weight is 288 g/mol. The maximum atomic E-state index is 12.3. The van der Waals surface area contributed by atoms with Gasteiger partial charge in [0.05, 0.1) is 18.4 Å². The molecule has 0 aliphatic carbocycles. The normalized spacial score (nSPS) is 10.6. The number of hydrogen-bond acceptors (Lipinski definition) is 4. The van der Waals surface area contributed by atoms with E-state index in [0.717, 1.165) is 0 Å². The molecule has 0 unspecified atom stereocenters. The number of hydrogen-bond donors (Lipinski definition) is 0. The van der Waals surface area contributed by atoms with Crippen molar-refractivity contribution in [1.82, 2.24) is 4.90 Å². The summed E-state index contributed by atoms with van der Waals surface area (Å²) in [6.45, 7) is 6.28. The predicted octanol–water partition coefficient (Wildman–Crippen LogP) is 2.59. The van der Waals surface area contributed by atoms with Crippen LogP contribution in [0.4, 0.5) is 0 Å². The summed E-state index contributed by atoms with van der Waals surface area (Å²) in [4.78, 5) is 25.2. The van der Waals surface area contributed by atoms with Crippen LogP contribution in [0.25, 0.3) is 0 Å². The summed E-state index contributed by atoms with van der Waals surface area (Å²) in [5.74, 6) is -0.541. The van der Waals surface area contributed by atoms with Gasteiger partial charge in [-0.3, -0.25) is 9.59 Å². The van der Waals surface area contributed by atoms with Gasteiger partial charge in [-0.25, -0.2) is 0 Å². The predicted molar refractivity (Wildman–Crippen MR) is 71.1 cm³/mol. The minimum absolute atomic E-state index is 0.0302. The van der Waals surface area contributed by atoms with E-state index in [4.69, 9.17) is 20.8 Å². The van der Waals surface area contributed by atoms with Crippen molar-refractivity contribution in [1.29, 1.82) is 0 Å². The Hall–Kier alpha value is -1.49. The van der Waals surface area contributed by atoms with Crippen molar-refractivity contribution in [3.05, 3.63) is 23.1 Å². The van der Waals surface area contributed by atoms with Crippen molar-refractivity contribution in [2.45, 2.75) is 20.8 Å². The Morgan fingerprint density at radius 3 is 2.63 bits per heavy atom. The average Bonchev–Trinajstić information content (AvgIpc) is 2.73. The zero-order valence-corrected chi connectivity index (χ0v) is 12.1. The largest absolute Gasteiger partial charge is 0.465 e. The van der Waals surface area contributed by atoms with Gasteiger partial charge in [0.15, 0.2) is 0 Å². The molecule has 0 aliphatic rings. The molecule has 1 aromatic heterocycles. The van der Waals surface area contributed by atoms with Crippen LogP contribution < -0.4 is 0 Å². The minimum atomic E-state index is -0.434. The molecule has 0 aliphatic heterocycles. The number of carbonyl (C=O) groups excluding carboxylic acids is 2. The number of amides is 1. The topological polar surface area (TPSA) is 59.8 Å². The molecule has 0 N–H and O–H groups in total. The van der Waals surface area contributed by atoms with E-state index in [1.807, 2.05) is 13.8 Å². The Morgan fingerprint density at radius 1 is 1.47 bits per heavy atom. The van der Waals surface area contributed by atoms with Gasteiger partial charge in [-0.05, 0) is 30.5 Å². The fraction of sp³-hybridized carbons (Fsp3) is 0.538. The van der Waals surface area contributed by atoms with Gasteiger partial charge in [-0.2, -0.15) is 0 Å². The number of nitrogens with zero attached hydrogens (tertiary/aromatic N) is 1. The molecule has 5 nitrogen and oxygen atoms in total. The molecule has 0 radical (unpaired) electrons. The van der Waals surface area contributed by atoms with Gasteiger partial charge in [0, 0.05) is 6.54 Å². The quantitative estimate of drug-likeness (QED) is 0.755. The number of rotatable bonds is 6. The van der Waals surface area contributed by atoms with Crippen molar-refractivity contribution < 1.29 is 18.7 Å². The lowest BCUT2D eigenvalue weighted by molar-refractivity contribution is -0.143. The Kier molecular flexibility index (Phi) is 5.89. The summed E-state index contributed by atoms with van der Waals surface area (Å²) >= 11 is 5.78. The molecule has 0 bridgehead atoms. The van der Waals surface area contributed by atoms with Gasteiger partial charge in [0.1, 0.15) is 6.54 Å². The Balaban J connectivity index is 2.81. The van der Waals surface area contributed by atoms with E-state index >= 15 is 0 Å². The molecule has 1 rings (SSSR count). The molecule has 6 heteroatoms. The molecule has 1 aromatic rings. The van der Waals surface area contributed by atoms with Gasteiger partial charge < -0.3 is 14.1 Å². The number of ether oxygens (including phenoxy) is 1. The first-order chi connectivity index (χ1) is 8.95. The van der Waals surface area contributed by atoms with Crippen LogP contribution in [0, 0.1) is 5.92 Å². The maximum Gasteiger partial charge on any atom is 0.325 e. The van der Waals surface area contributed by atoms with Crippen LogP contribution in [0.3, 0.4) is 0 Å². The Morgan fingerprint density at radius 2 is 2.16 bits per heavy atom. The number of carbonyl (C=O) groups is 2. The fourth-order valence-corrected chi connectivity index (χ4v) is 1.83. The van der Waals surface area contributed by atoms with Crippen molar-refractivity contribution in [3.63, 3.8) is 0 Å². The van der Waals surface area contributed by atoms with Crippen molar-refractivity contribution in [3.8, 4) is 0 Å². The van der Waals surface area contributed by atoms with Crippen molar-refractivity contribution >= 4 is 23.5 Å². The molecule has 19 heavy (non-hydrogen) atoms. The highest BCUT2D eigenvalue weighted by atomic mass is 35.5. The first kappa shape index (κ1) is 15.6. The third-order valence-electron chi connectivity index (χ3n) is 2.35. The van der Waals surface area contributed by atoms with Crippen LogP contribution >= 0.6 is 11.6 Å². The van der Waals surface area contributed by atoms with Gasteiger partial charge in [-0.1, -0.05) is 13.8 Å². The summed E-state index contributed by atoms with van der Waals surface area (Å²) in [7, 11) is 0. The van der Waals surface area contributed by atoms with Crippen LogP contribution in [0.1, 0.15) is 31.1 Å². The van der Waals surface area contributed by atoms with Crippen LogP contribution in [-0.4, -0.2) is 36.5 Å². The summed E-state index contributed by atoms with van der Waals surface area (Å²) in [6, 6.07) is 1.49. The highest BCUT2D eigenvalue weighted by Crippen LogP contribution is 2.19. The molecular formula is C13H18ClNO4. The van der Waals surface area contributed by atoms with Gasteiger partial charge in [0.2, 0.25) is 5.22 Å². The van der Waals surface area contributed by atoms with E-state index in [1.54, 1.807) is 6.92 Å². The summed E-state index contributed by atoms with van der Waals surface area (Å²) in [6.07, 6.45) is 1.34. The second kappa shape index (κ2) is 7.19. The first-order valence-electron chi connectivity index (χ1n) is 6.13. The molecule has 106 valence electrons. The monoisotopic (exact) mass is 287 g/mol. The number of furan rings is 1. The molecule has 0 spiro atoms. The molecule has 1 amide bonds. The molecule has 1 heterocycles. The first-order valence-corrected chi connectivity index (χ1v) is 6.51. The van der Waals surface area contributed by atoms with E-state index in [2.05, 4.69) is 0 Å². The molecule has 0 atom stereocenters. The lowest BCUT2D eigenvalue weighted by atomic mass is 10.2. The fourth-order valence-electron chi connectivity index (χ4n) is 1.64. The van der Waals surface area contributed by atoms with Gasteiger partial charge >= 0.3 is 5.97 Å². The van der Waals surface area contributed by atoms with Gasteiger partial charge in [0.25, 0.3) is 5.91 Å². The number of esters is 1. The molecule has 0 aromatic carbocycles. The van der Waals surface area contributed by atoms with E-state index in [0.29, 0.717) is 6.54 Å². The summed E-state index contributed by atoms with van der Waals surface area (Å²) < 4.78 is 9.76. The number of halogens is 1. The van der Waals surface area contributed by atoms with E-state index in [1.165, 1.54) is 17.2 Å². The lowest BCUT2D eigenvalue weighted by Gasteiger charge is -2.23. The second-order valence-corrected chi connectivity index (χ2v) is 4.84. The minimum Gasteiger partial charge on any atom is -0.465 e. The Bertz CT molecular complexity index is 442.